The highest BCUT2D eigenvalue weighted by Crippen LogP contribution is 2.46. The Labute approximate surface area is 146 Å². The number of imidazole rings is 1. The van der Waals surface area contributed by atoms with Crippen molar-refractivity contribution in [1.82, 2.24) is 9.97 Å². The second-order valence-corrected chi connectivity index (χ2v) is 6.95. The first kappa shape index (κ1) is 15.7. The zero-order valence-electron chi connectivity index (χ0n) is 14.3. The number of ether oxygens (including phenoxy) is 1. The average molecular weight is 336 g/mol. The number of hydrogen-bond acceptors (Lipinski definition) is 4. The fourth-order valence-electron chi connectivity index (χ4n) is 4.14. The van der Waals surface area contributed by atoms with Crippen molar-refractivity contribution in [1.29, 1.82) is 5.26 Å². The summed E-state index contributed by atoms with van der Waals surface area (Å²) in [5.74, 6) is 1.52. The summed E-state index contributed by atoms with van der Waals surface area (Å²) in [6.45, 7) is 4.85. The fraction of sp³-hybridized carbons (Fsp3) is 0.368. The van der Waals surface area contributed by atoms with E-state index < -0.39 is 5.41 Å². The van der Waals surface area contributed by atoms with E-state index in [1.54, 1.807) is 0 Å². The highest BCUT2D eigenvalue weighted by atomic mass is 16.5. The van der Waals surface area contributed by atoms with Crippen molar-refractivity contribution in [2.75, 3.05) is 13.1 Å². The maximum atomic E-state index is 9.70. The Bertz CT molecular complexity index is 854. The second-order valence-electron chi connectivity index (χ2n) is 6.95. The van der Waals surface area contributed by atoms with E-state index in [1.165, 1.54) is 10.5 Å². The van der Waals surface area contributed by atoms with Gasteiger partial charge in [-0.25, -0.2) is 0 Å². The minimum atomic E-state index is -0.395. The molecule has 3 heterocycles. The molecule has 0 saturated carbocycles. The Balaban J connectivity index is 1.61. The molecule has 4 N–H and O–H groups in total. The third kappa shape index (κ3) is 2.57. The number of likely N-dealkylation sites (tertiary alicyclic amines) is 1. The molecule has 1 spiro atoms. The summed E-state index contributed by atoms with van der Waals surface area (Å²) in [4.78, 5) is 9.24. The molecule has 0 radical (unpaired) electrons. The lowest BCUT2D eigenvalue weighted by Gasteiger charge is -2.40. The van der Waals surface area contributed by atoms with Crippen LogP contribution in [0.4, 0.5) is 0 Å². The van der Waals surface area contributed by atoms with Gasteiger partial charge in [0.25, 0.3) is 0 Å². The van der Waals surface area contributed by atoms with Gasteiger partial charge in [0.05, 0.1) is 24.2 Å². The minimum absolute atomic E-state index is 0.202. The van der Waals surface area contributed by atoms with Crippen LogP contribution in [0.1, 0.15) is 29.9 Å². The van der Waals surface area contributed by atoms with Crippen LogP contribution in [0.5, 0.6) is 5.88 Å². The van der Waals surface area contributed by atoms with Gasteiger partial charge >= 0.3 is 0 Å². The van der Waals surface area contributed by atoms with E-state index in [4.69, 9.17) is 10.5 Å². The van der Waals surface area contributed by atoms with Crippen LogP contribution < -0.4 is 15.4 Å². The smallest absolute Gasteiger partial charge is 0.243 e. The molecular formula is C19H22N5O+. The van der Waals surface area contributed by atoms with Crippen LogP contribution in [0.25, 0.3) is 0 Å². The highest BCUT2D eigenvalue weighted by molar-refractivity contribution is 5.50. The number of rotatable bonds is 2. The first-order chi connectivity index (χ1) is 12.1. The minimum Gasteiger partial charge on any atom is -0.420 e. The number of nitrogens with one attached hydrogen (secondary N) is 2. The largest absolute Gasteiger partial charge is 0.420 e. The fourth-order valence-corrected chi connectivity index (χ4v) is 4.14. The summed E-state index contributed by atoms with van der Waals surface area (Å²) in [5, 5.41) is 9.70. The monoisotopic (exact) mass is 336 g/mol. The Morgan fingerprint density at radius 1 is 1.32 bits per heavy atom. The second kappa shape index (κ2) is 5.94. The van der Waals surface area contributed by atoms with Crippen LogP contribution in [-0.2, 0) is 12.0 Å². The van der Waals surface area contributed by atoms with Crippen LogP contribution in [0.2, 0.25) is 0 Å². The number of aromatic nitrogens is 2. The van der Waals surface area contributed by atoms with Crippen LogP contribution in [-0.4, -0.2) is 23.1 Å². The lowest BCUT2D eigenvalue weighted by Crippen LogP contribution is -3.12. The Kier molecular flexibility index (Phi) is 3.74. The molecule has 1 fully saturated rings. The number of nitriles is 1. The molecule has 0 amide bonds. The summed E-state index contributed by atoms with van der Waals surface area (Å²) in [6.07, 6.45) is 1.72. The van der Waals surface area contributed by atoms with Gasteiger partial charge in [-0.1, -0.05) is 30.3 Å². The summed E-state index contributed by atoms with van der Waals surface area (Å²) >= 11 is 0. The van der Waals surface area contributed by atoms with E-state index in [1.807, 2.05) is 13.0 Å². The zero-order valence-corrected chi connectivity index (χ0v) is 14.3. The van der Waals surface area contributed by atoms with Gasteiger partial charge in [0.15, 0.2) is 0 Å². The Morgan fingerprint density at radius 3 is 2.72 bits per heavy atom. The SMILES string of the molecule is Cc1nc2c([nH]1)C1(CC[NH+](Cc3ccccc3)CC1)C(C#N)=C(N)O2. The van der Waals surface area contributed by atoms with E-state index in [2.05, 4.69) is 40.3 Å². The predicted octanol–water partition coefficient (Wildman–Crippen LogP) is 0.921. The third-order valence-corrected chi connectivity index (χ3v) is 5.42. The van der Waals surface area contributed by atoms with Gasteiger partial charge in [-0.15, -0.1) is 0 Å². The molecule has 2 aromatic rings. The molecule has 6 nitrogen and oxygen atoms in total. The number of allylic oxidation sites excluding steroid dienone is 1. The summed E-state index contributed by atoms with van der Waals surface area (Å²) < 4.78 is 5.59. The highest BCUT2D eigenvalue weighted by Gasteiger charge is 2.49. The van der Waals surface area contributed by atoms with Gasteiger partial charge in [-0.2, -0.15) is 10.2 Å². The van der Waals surface area contributed by atoms with E-state index in [9.17, 15) is 5.26 Å². The standard InChI is InChI=1S/C19H21N5O/c1-13-22-16-18(23-13)25-17(21)15(11-20)19(16)7-9-24(10-8-19)12-14-5-3-2-4-6-14/h2-6H,7-10,12,21H2,1H3,(H,22,23)/p+1. The number of H-pyrrole nitrogens is 1. The molecule has 0 unspecified atom stereocenters. The van der Waals surface area contributed by atoms with Crippen LogP contribution in [0.15, 0.2) is 41.8 Å². The van der Waals surface area contributed by atoms with Crippen molar-refractivity contribution >= 4 is 0 Å². The summed E-state index contributed by atoms with van der Waals surface area (Å²) in [7, 11) is 0. The number of hydrogen-bond donors (Lipinski definition) is 3. The molecule has 1 aromatic heterocycles. The normalized spacial score (nSPS) is 25.4. The van der Waals surface area contributed by atoms with Gasteiger partial charge in [0, 0.05) is 18.4 Å². The van der Waals surface area contributed by atoms with Gasteiger partial charge in [-0.3, -0.25) is 0 Å². The lowest BCUT2D eigenvalue weighted by atomic mass is 9.69. The number of aryl methyl sites for hydroxylation is 1. The van der Waals surface area contributed by atoms with Crippen LogP contribution in [0, 0.1) is 18.3 Å². The van der Waals surface area contributed by atoms with Gasteiger partial charge in [0.1, 0.15) is 24.0 Å². The molecule has 2 aliphatic heterocycles. The van der Waals surface area contributed by atoms with E-state index >= 15 is 0 Å². The number of quaternary nitrogens is 1. The Hall–Kier alpha value is -2.78. The van der Waals surface area contributed by atoms with Crippen molar-refractivity contribution < 1.29 is 9.64 Å². The summed E-state index contributed by atoms with van der Waals surface area (Å²) in [6, 6.07) is 12.8. The van der Waals surface area contributed by atoms with Crippen molar-refractivity contribution in [3.63, 3.8) is 0 Å². The molecule has 0 atom stereocenters. The molecule has 128 valence electrons. The number of nitrogens with zero attached hydrogens (tertiary/aromatic N) is 2. The molecule has 1 saturated heterocycles. The van der Waals surface area contributed by atoms with Crippen molar-refractivity contribution in [2.45, 2.75) is 31.7 Å². The molecule has 0 bridgehead atoms. The van der Waals surface area contributed by atoms with Crippen molar-refractivity contribution in [2.24, 2.45) is 5.73 Å². The van der Waals surface area contributed by atoms with E-state index in [0.29, 0.717) is 11.5 Å². The summed E-state index contributed by atoms with van der Waals surface area (Å²) in [5.41, 5.74) is 8.45. The first-order valence-corrected chi connectivity index (χ1v) is 8.65. The maximum absolute atomic E-state index is 9.70. The third-order valence-electron chi connectivity index (χ3n) is 5.42. The number of nitrogens with two attached hydrogens (primary N) is 1. The molecule has 1 aromatic carbocycles. The quantitative estimate of drug-likeness (QED) is 0.760. The Morgan fingerprint density at radius 2 is 2.04 bits per heavy atom. The molecule has 4 rings (SSSR count). The van der Waals surface area contributed by atoms with Crippen molar-refractivity contribution in [3.05, 3.63) is 58.9 Å². The zero-order chi connectivity index (χ0) is 17.4. The molecule has 6 heteroatoms. The topological polar surface area (TPSA) is 92.2 Å². The number of piperidine rings is 1. The van der Waals surface area contributed by atoms with Gasteiger partial charge in [-0.05, 0) is 6.92 Å². The van der Waals surface area contributed by atoms with Gasteiger partial charge in [0.2, 0.25) is 11.8 Å². The lowest BCUT2D eigenvalue weighted by molar-refractivity contribution is -0.920. The molecule has 2 aliphatic rings. The molecule has 0 aliphatic carbocycles. The molecule has 25 heavy (non-hydrogen) atoms. The van der Waals surface area contributed by atoms with Crippen LogP contribution >= 0.6 is 0 Å². The number of fused-ring (bicyclic) bond motifs is 2. The first-order valence-electron chi connectivity index (χ1n) is 8.65. The molecular weight excluding hydrogens is 314 g/mol. The van der Waals surface area contributed by atoms with Crippen molar-refractivity contribution in [3.8, 4) is 11.9 Å². The number of aromatic amines is 1. The predicted molar refractivity (Wildman–Crippen MR) is 92.5 cm³/mol. The van der Waals surface area contributed by atoms with E-state index in [0.717, 1.165) is 44.0 Å². The van der Waals surface area contributed by atoms with Crippen LogP contribution in [0.3, 0.4) is 0 Å². The maximum Gasteiger partial charge on any atom is 0.243 e. The average Bonchev–Trinajstić information content (AvgIpc) is 2.99. The number of benzene rings is 1. The van der Waals surface area contributed by atoms with E-state index in [-0.39, 0.29) is 5.88 Å². The van der Waals surface area contributed by atoms with Gasteiger partial charge < -0.3 is 20.4 Å².